The lowest BCUT2D eigenvalue weighted by Crippen LogP contribution is -1.98. The highest BCUT2D eigenvalue weighted by molar-refractivity contribution is 7.80. The fourth-order valence-electron chi connectivity index (χ4n) is 3.49. The lowest BCUT2D eigenvalue weighted by atomic mass is 10.0. The quantitative estimate of drug-likeness (QED) is 0.383. The molecule has 0 aliphatic carbocycles. The minimum absolute atomic E-state index is 0.00827. The van der Waals surface area contributed by atoms with Gasteiger partial charge in [0, 0.05) is 33.9 Å². The molecule has 0 saturated carbocycles. The lowest BCUT2D eigenvalue weighted by Gasteiger charge is -2.13. The minimum atomic E-state index is 0.00827. The summed E-state index contributed by atoms with van der Waals surface area (Å²) in [6.07, 6.45) is 2.35. The first-order valence-electron chi connectivity index (χ1n) is 8.82. The van der Waals surface area contributed by atoms with E-state index in [1.54, 1.807) is 12.3 Å². The fourth-order valence-corrected chi connectivity index (χ4v) is 3.77. The van der Waals surface area contributed by atoms with E-state index in [0.717, 1.165) is 33.5 Å². The second kappa shape index (κ2) is 6.39. The SMILES string of the molecule is CCc1cc(-c2cnc(S)n2-c2ccc3[nH]c(C)c(C)c3c2)c(O)cc1O. The Morgan fingerprint density at radius 1 is 1.11 bits per heavy atom. The van der Waals surface area contributed by atoms with Crippen LogP contribution in [-0.4, -0.2) is 24.7 Å². The molecule has 2 aromatic heterocycles. The summed E-state index contributed by atoms with van der Waals surface area (Å²) in [7, 11) is 0. The molecule has 0 bridgehead atoms. The number of aromatic hydroxyl groups is 2. The van der Waals surface area contributed by atoms with E-state index >= 15 is 0 Å². The van der Waals surface area contributed by atoms with Crippen LogP contribution >= 0.6 is 12.6 Å². The standard InChI is InChI=1S/C21H21N3O2S/c1-4-13-7-16(20(26)9-19(13)25)18-10-22-21(27)24(18)14-5-6-17-15(8-14)11(2)12(3)23-17/h5-10,23,25-26H,4H2,1-3H3,(H,22,27). The maximum absolute atomic E-state index is 10.4. The molecule has 0 fully saturated rings. The van der Waals surface area contributed by atoms with Crippen LogP contribution in [0.25, 0.3) is 27.8 Å². The summed E-state index contributed by atoms with van der Waals surface area (Å²) in [5.74, 6) is 0.102. The number of nitrogens with zero attached hydrogens (tertiary/aromatic N) is 2. The highest BCUT2D eigenvalue weighted by atomic mass is 32.1. The number of phenols is 2. The number of thiol groups is 1. The molecule has 5 nitrogen and oxygen atoms in total. The summed E-state index contributed by atoms with van der Waals surface area (Å²) >= 11 is 4.52. The van der Waals surface area contributed by atoms with Gasteiger partial charge < -0.3 is 15.2 Å². The van der Waals surface area contributed by atoms with Crippen molar-refractivity contribution in [1.82, 2.24) is 14.5 Å². The zero-order valence-electron chi connectivity index (χ0n) is 15.4. The summed E-state index contributed by atoms with van der Waals surface area (Å²) < 4.78 is 1.90. The molecular formula is C21H21N3O2S. The van der Waals surface area contributed by atoms with E-state index in [1.165, 1.54) is 11.6 Å². The van der Waals surface area contributed by atoms with Crippen LogP contribution in [0.5, 0.6) is 11.5 Å². The number of H-pyrrole nitrogens is 1. The number of nitrogens with one attached hydrogen (secondary N) is 1. The van der Waals surface area contributed by atoms with Crippen molar-refractivity contribution in [3.05, 3.63) is 53.3 Å². The third kappa shape index (κ3) is 2.77. The van der Waals surface area contributed by atoms with Gasteiger partial charge in [-0.2, -0.15) is 0 Å². The summed E-state index contributed by atoms with van der Waals surface area (Å²) in [6.45, 7) is 6.11. The molecule has 27 heavy (non-hydrogen) atoms. The molecule has 4 aromatic rings. The van der Waals surface area contributed by atoms with Crippen molar-refractivity contribution in [3.8, 4) is 28.4 Å². The Bertz CT molecular complexity index is 1170. The number of rotatable bonds is 3. The third-order valence-corrected chi connectivity index (χ3v) is 5.46. The summed E-state index contributed by atoms with van der Waals surface area (Å²) in [5, 5.41) is 22.1. The van der Waals surface area contributed by atoms with Crippen LogP contribution in [0, 0.1) is 13.8 Å². The van der Waals surface area contributed by atoms with E-state index < -0.39 is 0 Å². The van der Waals surface area contributed by atoms with Crippen LogP contribution in [-0.2, 0) is 6.42 Å². The van der Waals surface area contributed by atoms with Gasteiger partial charge in [0.25, 0.3) is 0 Å². The van der Waals surface area contributed by atoms with E-state index in [0.29, 0.717) is 17.1 Å². The molecule has 2 aromatic carbocycles. The normalized spacial score (nSPS) is 11.4. The van der Waals surface area contributed by atoms with E-state index in [9.17, 15) is 10.2 Å². The van der Waals surface area contributed by atoms with Gasteiger partial charge in [-0.25, -0.2) is 4.98 Å². The molecule has 2 heterocycles. The number of phenolic OH excluding ortho intramolecular Hbond substituents is 2. The lowest BCUT2D eigenvalue weighted by molar-refractivity contribution is 0.447. The maximum atomic E-state index is 10.4. The molecule has 0 unspecified atom stereocenters. The number of aromatic amines is 1. The molecule has 0 saturated heterocycles. The second-order valence-electron chi connectivity index (χ2n) is 6.74. The number of imidazole rings is 1. The monoisotopic (exact) mass is 379 g/mol. The maximum Gasteiger partial charge on any atom is 0.169 e. The summed E-state index contributed by atoms with van der Waals surface area (Å²) in [5.41, 5.74) is 6.43. The zero-order valence-corrected chi connectivity index (χ0v) is 16.3. The van der Waals surface area contributed by atoms with Gasteiger partial charge >= 0.3 is 0 Å². The highest BCUT2D eigenvalue weighted by Crippen LogP contribution is 2.37. The fraction of sp³-hybridized carbons (Fsp3) is 0.190. The van der Waals surface area contributed by atoms with Crippen molar-refractivity contribution in [2.24, 2.45) is 0 Å². The number of hydrogen-bond acceptors (Lipinski definition) is 4. The van der Waals surface area contributed by atoms with Gasteiger partial charge in [0.05, 0.1) is 11.9 Å². The first-order valence-corrected chi connectivity index (χ1v) is 9.26. The van der Waals surface area contributed by atoms with Gasteiger partial charge in [0.2, 0.25) is 0 Å². The molecule has 4 rings (SSSR count). The highest BCUT2D eigenvalue weighted by Gasteiger charge is 2.17. The van der Waals surface area contributed by atoms with Crippen molar-refractivity contribution < 1.29 is 10.2 Å². The molecule has 0 spiro atoms. The summed E-state index contributed by atoms with van der Waals surface area (Å²) in [4.78, 5) is 7.72. The average molecular weight is 379 g/mol. The molecule has 0 amide bonds. The minimum Gasteiger partial charge on any atom is -0.508 e. The number of aryl methyl sites for hydroxylation is 3. The molecule has 3 N–H and O–H groups in total. The molecule has 0 aliphatic rings. The van der Waals surface area contributed by atoms with Crippen LogP contribution in [0.4, 0.5) is 0 Å². The van der Waals surface area contributed by atoms with E-state index in [4.69, 9.17) is 0 Å². The van der Waals surface area contributed by atoms with Gasteiger partial charge in [-0.05, 0) is 55.7 Å². The first-order chi connectivity index (χ1) is 12.9. The third-order valence-electron chi connectivity index (χ3n) is 5.15. The molecule has 0 aliphatic heterocycles. The Labute approximate surface area is 162 Å². The smallest absolute Gasteiger partial charge is 0.169 e. The van der Waals surface area contributed by atoms with Crippen LogP contribution in [0.2, 0.25) is 0 Å². The Morgan fingerprint density at radius 2 is 1.89 bits per heavy atom. The average Bonchev–Trinajstić information content (AvgIpc) is 3.15. The Kier molecular flexibility index (Phi) is 4.15. The predicted molar refractivity (Wildman–Crippen MR) is 110 cm³/mol. The molecule has 0 radical (unpaired) electrons. The second-order valence-corrected chi connectivity index (χ2v) is 7.14. The van der Waals surface area contributed by atoms with E-state index in [1.807, 2.05) is 23.6 Å². The number of fused-ring (bicyclic) bond motifs is 1. The van der Waals surface area contributed by atoms with Gasteiger partial charge in [0.1, 0.15) is 11.5 Å². The number of benzene rings is 2. The summed E-state index contributed by atoms with van der Waals surface area (Å²) in [6, 6.07) is 9.32. The van der Waals surface area contributed by atoms with Crippen molar-refractivity contribution in [2.45, 2.75) is 32.3 Å². The van der Waals surface area contributed by atoms with Crippen LogP contribution in [0.3, 0.4) is 0 Å². The van der Waals surface area contributed by atoms with Crippen molar-refractivity contribution in [1.29, 1.82) is 0 Å². The van der Waals surface area contributed by atoms with E-state index in [2.05, 4.69) is 42.5 Å². The molecule has 0 atom stereocenters. The number of aromatic nitrogens is 3. The molecular weight excluding hydrogens is 358 g/mol. The Morgan fingerprint density at radius 3 is 2.63 bits per heavy atom. The Balaban J connectivity index is 1.95. The van der Waals surface area contributed by atoms with Crippen LogP contribution < -0.4 is 0 Å². The van der Waals surface area contributed by atoms with E-state index in [-0.39, 0.29) is 11.5 Å². The number of hydrogen-bond donors (Lipinski definition) is 4. The zero-order chi connectivity index (χ0) is 19.3. The molecule has 138 valence electrons. The van der Waals surface area contributed by atoms with Gasteiger partial charge in [0.15, 0.2) is 5.16 Å². The van der Waals surface area contributed by atoms with Crippen LogP contribution in [0.1, 0.15) is 23.7 Å². The molecule has 6 heteroatoms. The predicted octanol–water partition coefficient (Wildman–Crippen LogP) is 4.90. The first kappa shape index (κ1) is 17.5. The van der Waals surface area contributed by atoms with Crippen molar-refractivity contribution in [3.63, 3.8) is 0 Å². The largest absolute Gasteiger partial charge is 0.508 e. The Hall–Kier alpha value is -2.86. The van der Waals surface area contributed by atoms with Gasteiger partial charge in [-0.1, -0.05) is 6.92 Å². The van der Waals surface area contributed by atoms with Gasteiger partial charge in [-0.15, -0.1) is 12.6 Å². The van der Waals surface area contributed by atoms with Crippen molar-refractivity contribution in [2.75, 3.05) is 0 Å². The topological polar surface area (TPSA) is 74.1 Å². The van der Waals surface area contributed by atoms with Crippen molar-refractivity contribution >= 4 is 23.5 Å². The van der Waals surface area contributed by atoms with Crippen LogP contribution in [0.15, 0.2) is 41.7 Å². The van der Waals surface area contributed by atoms with Gasteiger partial charge in [-0.3, -0.25) is 4.57 Å².